The molecule has 104 valence electrons. The number of halogens is 1. The van der Waals surface area contributed by atoms with E-state index in [9.17, 15) is 0 Å². The lowest BCUT2D eigenvalue weighted by atomic mass is 9.82. The van der Waals surface area contributed by atoms with Gasteiger partial charge in [-0.3, -0.25) is 4.68 Å². The van der Waals surface area contributed by atoms with E-state index in [1.54, 1.807) is 0 Å². The molecule has 18 heavy (non-hydrogen) atoms. The SMILES string of the molecule is CCNCC(C)(CC)Cc1c(Br)c(CC)nn1C. The van der Waals surface area contributed by atoms with Gasteiger partial charge < -0.3 is 5.32 Å². The topological polar surface area (TPSA) is 29.9 Å². The third kappa shape index (κ3) is 3.58. The van der Waals surface area contributed by atoms with Crippen LogP contribution < -0.4 is 5.32 Å². The van der Waals surface area contributed by atoms with Gasteiger partial charge >= 0.3 is 0 Å². The molecule has 0 bridgehead atoms. The predicted molar refractivity (Wildman–Crippen MR) is 80.9 cm³/mol. The summed E-state index contributed by atoms with van der Waals surface area (Å²) >= 11 is 3.71. The first-order chi connectivity index (χ1) is 8.47. The molecular formula is C14H26BrN3. The van der Waals surface area contributed by atoms with E-state index >= 15 is 0 Å². The van der Waals surface area contributed by atoms with Gasteiger partial charge in [-0.05, 0) is 47.2 Å². The fraction of sp³-hybridized carbons (Fsp3) is 0.786. The monoisotopic (exact) mass is 315 g/mol. The van der Waals surface area contributed by atoms with Crippen LogP contribution in [0.5, 0.6) is 0 Å². The van der Waals surface area contributed by atoms with Crippen LogP contribution in [0.25, 0.3) is 0 Å². The number of nitrogens with zero attached hydrogens (tertiary/aromatic N) is 2. The highest BCUT2D eigenvalue weighted by atomic mass is 79.9. The summed E-state index contributed by atoms with van der Waals surface area (Å²) < 4.78 is 3.23. The molecule has 1 heterocycles. The van der Waals surface area contributed by atoms with E-state index in [1.165, 1.54) is 16.6 Å². The summed E-state index contributed by atoms with van der Waals surface area (Å²) in [6.45, 7) is 11.0. The lowest BCUT2D eigenvalue weighted by molar-refractivity contribution is 0.286. The van der Waals surface area contributed by atoms with Crippen molar-refractivity contribution in [2.75, 3.05) is 13.1 Å². The highest BCUT2D eigenvalue weighted by Crippen LogP contribution is 2.31. The molecule has 0 saturated heterocycles. The van der Waals surface area contributed by atoms with Crippen molar-refractivity contribution in [3.63, 3.8) is 0 Å². The zero-order valence-corrected chi connectivity index (χ0v) is 13.9. The van der Waals surface area contributed by atoms with Gasteiger partial charge in [-0.1, -0.05) is 27.7 Å². The zero-order valence-electron chi connectivity index (χ0n) is 12.3. The Morgan fingerprint density at radius 3 is 2.44 bits per heavy atom. The Bertz CT molecular complexity index is 387. The average molecular weight is 316 g/mol. The molecule has 0 aliphatic heterocycles. The molecule has 0 spiro atoms. The quantitative estimate of drug-likeness (QED) is 0.836. The average Bonchev–Trinajstić information content (AvgIpc) is 2.63. The summed E-state index contributed by atoms with van der Waals surface area (Å²) in [5.41, 5.74) is 2.76. The number of aryl methyl sites for hydroxylation is 2. The van der Waals surface area contributed by atoms with Gasteiger partial charge in [-0.25, -0.2) is 0 Å². The van der Waals surface area contributed by atoms with Crippen molar-refractivity contribution in [3.8, 4) is 0 Å². The second-order valence-electron chi connectivity index (χ2n) is 5.31. The maximum absolute atomic E-state index is 4.58. The summed E-state index contributed by atoms with van der Waals surface area (Å²) in [6.07, 6.45) is 3.20. The number of aromatic nitrogens is 2. The van der Waals surface area contributed by atoms with E-state index in [0.29, 0.717) is 0 Å². The molecule has 1 rings (SSSR count). The maximum atomic E-state index is 4.58. The number of rotatable bonds is 7. The van der Waals surface area contributed by atoms with Crippen LogP contribution in [0.15, 0.2) is 4.47 Å². The Hall–Kier alpha value is -0.350. The molecule has 0 aliphatic carbocycles. The van der Waals surface area contributed by atoms with Gasteiger partial charge in [-0.15, -0.1) is 0 Å². The molecule has 1 unspecified atom stereocenters. The number of nitrogens with one attached hydrogen (secondary N) is 1. The Kier molecular flexibility index (Phi) is 5.86. The van der Waals surface area contributed by atoms with Gasteiger partial charge in [0.25, 0.3) is 0 Å². The lowest BCUT2D eigenvalue weighted by Gasteiger charge is -2.28. The Labute approximate surface area is 119 Å². The van der Waals surface area contributed by atoms with Crippen LogP contribution in [-0.4, -0.2) is 22.9 Å². The molecule has 3 nitrogen and oxygen atoms in total. The summed E-state index contributed by atoms with van der Waals surface area (Å²) in [6, 6.07) is 0. The Balaban J connectivity index is 2.90. The van der Waals surface area contributed by atoms with Crippen LogP contribution in [-0.2, 0) is 19.9 Å². The van der Waals surface area contributed by atoms with E-state index < -0.39 is 0 Å². The fourth-order valence-electron chi connectivity index (χ4n) is 2.16. The molecule has 1 atom stereocenters. The fourth-order valence-corrected chi connectivity index (χ4v) is 2.91. The third-order valence-corrected chi connectivity index (χ3v) is 4.67. The molecule has 0 aromatic carbocycles. The highest BCUT2D eigenvalue weighted by Gasteiger charge is 2.26. The summed E-state index contributed by atoms with van der Waals surface area (Å²) in [5, 5.41) is 8.05. The van der Waals surface area contributed by atoms with Crippen LogP contribution in [0.2, 0.25) is 0 Å². The van der Waals surface area contributed by atoms with Crippen molar-refractivity contribution in [3.05, 3.63) is 15.9 Å². The number of hydrogen-bond acceptors (Lipinski definition) is 2. The second-order valence-corrected chi connectivity index (χ2v) is 6.10. The Morgan fingerprint density at radius 1 is 1.33 bits per heavy atom. The molecule has 1 aromatic heterocycles. The highest BCUT2D eigenvalue weighted by molar-refractivity contribution is 9.10. The van der Waals surface area contributed by atoms with Gasteiger partial charge in [0, 0.05) is 13.6 Å². The minimum absolute atomic E-state index is 0.289. The van der Waals surface area contributed by atoms with Crippen molar-refractivity contribution in [2.45, 2.75) is 47.0 Å². The standard InChI is InChI=1S/C14H26BrN3/c1-6-11-13(15)12(18(5)17-11)9-14(4,7-2)10-16-8-3/h16H,6-10H2,1-5H3. The smallest absolute Gasteiger partial charge is 0.0766 e. The van der Waals surface area contributed by atoms with E-state index in [1.807, 2.05) is 11.7 Å². The lowest BCUT2D eigenvalue weighted by Crippen LogP contribution is -2.33. The molecule has 0 amide bonds. The first-order valence-electron chi connectivity index (χ1n) is 6.88. The summed E-state index contributed by atoms with van der Waals surface area (Å²) in [5.74, 6) is 0. The minimum atomic E-state index is 0.289. The van der Waals surface area contributed by atoms with Crippen LogP contribution >= 0.6 is 15.9 Å². The summed E-state index contributed by atoms with van der Waals surface area (Å²) in [7, 11) is 2.04. The van der Waals surface area contributed by atoms with Crippen LogP contribution in [0, 0.1) is 5.41 Å². The van der Waals surface area contributed by atoms with Crippen molar-refractivity contribution >= 4 is 15.9 Å². The van der Waals surface area contributed by atoms with Gasteiger partial charge in [-0.2, -0.15) is 5.10 Å². The maximum Gasteiger partial charge on any atom is 0.0766 e. The zero-order chi connectivity index (χ0) is 13.8. The molecule has 4 heteroatoms. The van der Waals surface area contributed by atoms with E-state index in [2.05, 4.69) is 54.0 Å². The molecular weight excluding hydrogens is 290 g/mol. The predicted octanol–water partition coefficient (Wildman–Crippen LogP) is 3.31. The molecule has 0 aliphatic rings. The largest absolute Gasteiger partial charge is 0.316 e. The molecule has 0 fully saturated rings. The van der Waals surface area contributed by atoms with E-state index in [4.69, 9.17) is 0 Å². The van der Waals surface area contributed by atoms with Gasteiger partial charge in [0.1, 0.15) is 0 Å². The van der Waals surface area contributed by atoms with Crippen LogP contribution in [0.1, 0.15) is 45.5 Å². The first-order valence-corrected chi connectivity index (χ1v) is 7.67. The minimum Gasteiger partial charge on any atom is -0.316 e. The van der Waals surface area contributed by atoms with Gasteiger partial charge in [0.2, 0.25) is 0 Å². The second kappa shape index (κ2) is 6.71. The first kappa shape index (κ1) is 15.7. The number of hydrogen-bond donors (Lipinski definition) is 1. The van der Waals surface area contributed by atoms with Crippen molar-refractivity contribution < 1.29 is 0 Å². The molecule has 1 aromatic rings. The van der Waals surface area contributed by atoms with Crippen molar-refractivity contribution in [1.82, 2.24) is 15.1 Å². The van der Waals surface area contributed by atoms with Crippen molar-refractivity contribution in [1.29, 1.82) is 0 Å². The summed E-state index contributed by atoms with van der Waals surface area (Å²) in [4.78, 5) is 0. The van der Waals surface area contributed by atoms with Crippen LogP contribution in [0.4, 0.5) is 0 Å². The third-order valence-electron chi connectivity index (χ3n) is 3.75. The van der Waals surface area contributed by atoms with E-state index in [-0.39, 0.29) is 5.41 Å². The van der Waals surface area contributed by atoms with E-state index in [0.717, 1.165) is 31.6 Å². The normalized spacial score (nSPS) is 14.8. The molecule has 0 radical (unpaired) electrons. The van der Waals surface area contributed by atoms with Crippen LogP contribution in [0.3, 0.4) is 0 Å². The van der Waals surface area contributed by atoms with Crippen molar-refractivity contribution in [2.24, 2.45) is 12.5 Å². The molecule has 0 saturated carbocycles. The molecule has 1 N–H and O–H groups in total. The van der Waals surface area contributed by atoms with Gasteiger partial charge in [0.05, 0.1) is 15.9 Å². The van der Waals surface area contributed by atoms with Gasteiger partial charge in [0.15, 0.2) is 0 Å². The Morgan fingerprint density at radius 2 is 2.00 bits per heavy atom.